The van der Waals surface area contributed by atoms with E-state index in [1.807, 2.05) is 6.07 Å². The van der Waals surface area contributed by atoms with E-state index in [9.17, 15) is 19.8 Å². The van der Waals surface area contributed by atoms with Crippen molar-refractivity contribution in [2.75, 3.05) is 0 Å². The molecule has 3 rings (SSSR count). The van der Waals surface area contributed by atoms with Gasteiger partial charge in [-0.15, -0.1) is 0 Å². The summed E-state index contributed by atoms with van der Waals surface area (Å²) in [5.41, 5.74) is 1.20. The fourth-order valence-electron chi connectivity index (χ4n) is 2.83. The normalized spacial score (nSPS) is 10.5. The fourth-order valence-corrected chi connectivity index (χ4v) is 2.83. The molecule has 0 spiro atoms. The van der Waals surface area contributed by atoms with E-state index < -0.39 is 11.9 Å². The Morgan fingerprint density at radius 2 is 1.79 bits per heavy atom. The molecular weight excluding hydrogens is 308 g/mol. The molecule has 1 heterocycles. The molecule has 0 amide bonds. The predicted octanol–water partition coefficient (Wildman–Crippen LogP) is 2.96. The van der Waals surface area contributed by atoms with E-state index in [-0.39, 0.29) is 17.8 Å². The summed E-state index contributed by atoms with van der Waals surface area (Å²) in [5, 5.41) is 28.4. The molecule has 0 saturated carbocycles. The van der Waals surface area contributed by atoms with Crippen molar-refractivity contribution < 1.29 is 19.8 Å². The number of aromatic nitrogens is 1. The molecule has 0 fully saturated rings. The molecule has 0 unspecified atom stereocenters. The maximum absolute atomic E-state index is 11.7. The van der Waals surface area contributed by atoms with E-state index in [2.05, 4.69) is 0 Å². The molecule has 2 aromatic carbocycles. The maximum Gasteiger partial charge on any atom is 0.353 e. The van der Waals surface area contributed by atoms with Gasteiger partial charge in [-0.1, -0.05) is 30.3 Å². The van der Waals surface area contributed by atoms with Crippen LogP contribution in [0.5, 0.6) is 0 Å². The summed E-state index contributed by atoms with van der Waals surface area (Å²) in [6, 6.07) is 15.5. The summed E-state index contributed by atoms with van der Waals surface area (Å²) in [6.07, 6.45) is 0. The number of aromatic carboxylic acids is 2. The Kier molecular flexibility index (Phi) is 3.76. The van der Waals surface area contributed by atoms with E-state index in [0.29, 0.717) is 22.0 Å². The number of hydrogen-bond donors (Lipinski definition) is 2. The number of fused-ring (bicyclic) bond motifs is 1. The van der Waals surface area contributed by atoms with Gasteiger partial charge in [0.1, 0.15) is 5.69 Å². The number of carboxylic acids is 2. The van der Waals surface area contributed by atoms with Crippen LogP contribution in [-0.4, -0.2) is 26.7 Å². The number of carbonyl (C=O) groups is 2. The Balaban J connectivity index is 2.27. The van der Waals surface area contributed by atoms with Crippen LogP contribution >= 0.6 is 0 Å². The lowest BCUT2D eigenvalue weighted by Crippen LogP contribution is -2.13. The van der Waals surface area contributed by atoms with Crippen LogP contribution in [0.4, 0.5) is 0 Å². The first-order valence-electron chi connectivity index (χ1n) is 7.09. The predicted molar refractivity (Wildman–Crippen MR) is 86.1 cm³/mol. The standard InChI is InChI=1S/C18H12N2O4/c19-9-11-4-3-5-12(8-11)10-20-14-7-2-1-6-13(14)15(17(21)22)16(20)18(23)24/h1-8H,10H2,(H,21,22)(H,23,24). The molecule has 0 bridgehead atoms. The van der Waals surface area contributed by atoms with Gasteiger partial charge in [0.15, 0.2) is 0 Å². The topological polar surface area (TPSA) is 103 Å². The van der Waals surface area contributed by atoms with Crippen LogP contribution in [0.3, 0.4) is 0 Å². The summed E-state index contributed by atoms with van der Waals surface area (Å²) in [7, 11) is 0. The van der Waals surface area contributed by atoms with Gasteiger partial charge in [-0.05, 0) is 23.8 Å². The smallest absolute Gasteiger partial charge is 0.353 e. The van der Waals surface area contributed by atoms with Crippen molar-refractivity contribution in [2.24, 2.45) is 0 Å². The Bertz CT molecular complexity index is 1010. The highest BCUT2D eigenvalue weighted by molar-refractivity contribution is 6.12. The van der Waals surface area contributed by atoms with E-state index in [1.54, 1.807) is 48.5 Å². The second kappa shape index (κ2) is 5.89. The van der Waals surface area contributed by atoms with Gasteiger partial charge in [-0.3, -0.25) is 0 Å². The van der Waals surface area contributed by atoms with Gasteiger partial charge in [0.05, 0.1) is 17.2 Å². The zero-order valence-corrected chi connectivity index (χ0v) is 12.4. The van der Waals surface area contributed by atoms with E-state index in [0.717, 1.165) is 0 Å². The van der Waals surface area contributed by atoms with Crippen molar-refractivity contribution in [3.8, 4) is 6.07 Å². The molecule has 0 atom stereocenters. The van der Waals surface area contributed by atoms with Crippen molar-refractivity contribution in [2.45, 2.75) is 6.54 Å². The third kappa shape index (κ3) is 2.48. The minimum Gasteiger partial charge on any atom is -0.478 e. The zero-order valence-electron chi connectivity index (χ0n) is 12.4. The summed E-state index contributed by atoms with van der Waals surface area (Å²) in [4.78, 5) is 23.3. The lowest BCUT2D eigenvalue weighted by molar-refractivity contribution is 0.0645. The number of hydrogen-bond acceptors (Lipinski definition) is 3. The molecular formula is C18H12N2O4. The van der Waals surface area contributed by atoms with Crippen LogP contribution < -0.4 is 0 Å². The molecule has 0 saturated heterocycles. The van der Waals surface area contributed by atoms with E-state index >= 15 is 0 Å². The fraction of sp³-hybridized carbons (Fsp3) is 0.0556. The largest absolute Gasteiger partial charge is 0.478 e. The molecule has 0 aliphatic rings. The molecule has 3 aromatic rings. The number of nitrogens with zero attached hydrogens (tertiary/aromatic N) is 2. The number of carboxylic acid groups (broad SMARTS) is 2. The number of benzene rings is 2. The van der Waals surface area contributed by atoms with Gasteiger partial charge in [-0.2, -0.15) is 5.26 Å². The minimum absolute atomic E-state index is 0.158. The molecule has 2 N–H and O–H groups in total. The highest BCUT2D eigenvalue weighted by Crippen LogP contribution is 2.27. The number of para-hydroxylation sites is 1. The molecule has 1 aromatic heterocycles. The van der Waals surface area contributed by atoms with Crippen LogP contribution in [0.2, 0.25) is 0 Å². The summed E-state index contributed by atoms with van der Waals surface area (Å²) >= 11 is 0. The molecule has 118 valence electrons. The zero-order chi connectivity index (χ0) is 17.3. The van der Waals surface area contributed by atoms with Crippen molar-refractivity contribution in [3.05, 3.63) is 70.9 Å². The Morgan fingerprint density at radius 1 is 1.04 bits per heavy atom. The van der Waals surface area contributed by atoms with Crippen molar-refractivity contribution in [1.29, 1.82) is 5.26 Å². The third-order valence-electron chi connectivity index (χ3n) is 3.78. The second-order valence-electron chi connectivity index (χ2n) is 5.25. The van der Waals surface area contributed by atoms with Crippen molar-refractivity contribution >= 4 is 22.8 Å². The Labute approximate surface area is 136 Å². The summed E-state index contributed by atoms with van der Waals surface area (Å²) in [6.45, 7) is 0.158. The second-order valence-corrected chi connectivity index (χ2v) is 5.25. The molecule has 6 heteroatoms. The first kappa shape index (κ1) is 15.3. The van der Waals surface area contributed by atoms with Crippen molar-refractivity contribution in [1.82, 2.24) is 4.57 Å². The highest BCUT2D eigenvalue weighted by Gasteiger charge is 2.26. The lowest BCUT2D eigenvalue weighted by atomic mass is 10.1. The summed E-state index contributed by atoms with van der Waals surface area (Å²) in [5.74, 6) is -2.59. The first-order chi connectivity index (χ1) is 11.5. The van der Waals surface area contributed by atoms with Gasteiger partial charge in [0, 0.05) is 17.4 Å². The molecule has 0 aliphatic heterocycles. The number of rotatable bonds is 4. The molecule has 0 radical (unpaired) electrons. The Hall–Kier alpha value is -3.59. The monoisotopic (exact) mass is 320 g/mol. The van der Waals surface area contributed by atoms with Gasteiger partial charge in [-0.25, -0.2) is 9.59 Å². The first-order valence-corrected chi connectivity index (χ1v) is 7.09. The van der Waals surface area contributed by atoms with E-state index in [1.165, 1.54) is 4.57 Å². The highest BCUT2D eigenvalue weighted by atomic mass is 16.4. The van der Waals surface area contributed by atoms with Gasteiger partial charge in [0.25, 0.3) is 0 Å². The summed E-state index contributed by atoms with van der Waals surface area (Å²) < 4.78 is 1.46. The van der Waals surface area contributed by atoms with Gasteiger partial charge >= 0.3 is 11.9 Å². The average molecular weight is 320 g/mol. The van der Waals surface area contributed by atoms with Crippen LogP contribution in [0.15, 0.2) is 48.5 Å². The van der Waals surface area contributed by atoms with Gasteiger partial charge < -0.3 is 14.8 Å². The van der Waals surface area contributed by atoms with Crippen LogP contribution in [-0.2, 0) is 6.54 Å². The Morgan fingerprint density at radius 3 is 2.46 bits per heavy atom. The van der Waals surface area contributed by atoms with Crippen LogP contribution in [0, 0.1) is 11.3 Å². The maximum atomic E-state index is 11.7. The minimum atomic E-state index is -1.31. The molecule has 24 heavy (non-hydrogen) atoms. The molecule has 6 nitrogen and oxygen atoms in total. The van der Waals surface area contributed by atoms with Crippen LogP contribution in [0.25, 0.3) is 10.9 Å². The number of nitriles is 1. The average Bonchev–Trinajstić information content (AvgIpc) is 2.90. The SMILES string of the molecule is N#Cc1cccc(Cn2c(C(=O)O)c(C(=O)O)c3ccccc32)c1. The third-order valence-corrected chi connectivity index (χ3v) is 3.78. The lowest BCUT2D eigenvalue weighted by Gasteiger charge is -2.09. The quantitative estimate of drug-likeness (QED) is 0.769. The van der Waals surface area contributed by atoms with Crippen LogP contribution in [0.1, 0.15) is 32.0 Å². The van der Waals surface area contributed by atoms with Gasteiger partial charge in [0.2, 0.25) is 0 Å². The van der Waals surface area contributed by atoms with Crippen molar-refractivity contribution in [3.63, 3.8) is 0 Å². The molecule has 0 aliphatic carbocycles. The van der Waals surface area contributed by atoms with E-state index in [4.69, 9.17) is 5.26 Å².